The van der Waals surface area contributed by atoms with Gasteiger partial charge in [0.2, 0.25) is 5.91 Å². The van der Waals surface area contributed by atoms with E-state index in [-0.39, 0.29) is 30.6 Å². The smallest absolute Gasteiger partial charge is 0.410 e. The van der Waals surface area contributed by atoms with Crippen LogP contribution in [0.2, 0.25) is 0 Å². The lowest BCUT2D eigenvalue weighted by molar-refractivity contribution is -0.111. The summed E-state index contributed by atoms with van der Waals surface area (Å²) in [7, 11) is 0. The van der Waals surface area contributed by atoms with E-state index in [0.717, 1.165) is 35.3 Å². The highest BCUT2D eigenvalue weighted by Crippen LogP contribution is 2.39. The zero-order valence-corrected chi connectivity index (χ0v) is 18.4. The summed E-state index contributed by atoms with van der Waals surface area (Å²) >= 11 is 1.41. The van der Waals surface area contributed by atoms with Crippen molar-refractivity contribution in [1.29, 1.82) is 5.26 Å². The van der Waals surface area contributed by atoms with Gasteiger partial charge >= 0.3 is 6.09 Å². The van der Waals surface area contributed by atoms with Crippen molar-refractivity contribution in [2.45, 2.75) is 38.1 Å². The number of ether oxygens (including phenoxy) is 1. The minimum absolute atomic E-state index is 0.0419. The maximum absolute atomic E-state index is 12.4. The van der Waals surface area contributed by atoms with Gasteiger partial charge in [0.05, 0.1) is 37.3 Å². The quantitative estimate of drug-likeness (QED) is 0.644. The number of thiophene rings is 1. The molecule has 8 nitrogen and oxygen atoms in total. The Morgan fingerprint density at radius 3 is 3.06 bits per heavy atom. The number of hydrogen-bond donors (Lipinski definition) is 2. The first kappa shape index (κ1) is 22.1. The van der Waals surface area contributed by atoms with Gasteiger partial charge in [-0.3, -0.25) is 4.79 Å². The van der Waals surface area contributed by atoms with Crippen LogP contribution in [0.5, 0.6) is 0 Å². The van der Waals surface area contributed by atoms with E-state index < -0.39 is 0 Å². The van der Waals surface area contributed by atoms with Crippen molar-refractivity contribution in [3.8, 4) is 6.07 Å². The minimum Gasteiger partial charge on any atom is -0.472 e. The van der Waals surface area contributed by atoms with Gasteiger partial charge in [0.25, 0.3) is 0 Å². The fourth-order valence-electron chi connectivity index (χ4n) is 4.24. The Bertz CT molecular complexity index is 1040. The number of likely N-dealkylation sites (tertiary alicyclic amines) is 1. The molecule has 1 aliphatic carbocycles. The van der Waals surface area contributed by atoms with Crippen LogP contribution in [0.3, 0.4) is 0 Å². The molecule has 2 aliphatic rings. The average molecular weight is 456 g/mol. The van der Waals surface area contributed by atoms with Gasteiger partial charge in [-0.2, -0.15) is 5.26 Å². The molecule has 2 aromatic rings. The van der Waals surface area contributed by atoms with Crippen molar-refractivity contribution in [3.63, 3.8) is 0 Å². The third kappa shape index (κ3) is 4.87. The van der Waals surface area contributed by atoms with Crippen LogP contribution >= 0.6 is 11.3 Å². The Labute approximate surface area is 190 Å². The molecule has 4 rings (SSSR count). The fourth-order valence-corrected chi connectivity index (χ4v) is 5.55. The lowest BCUT2D eigenvalue weighted by atomic mass is 9.88. The minimum atomic E-state index is -0.367. The van der Waals surface area contributed by atoms with Crippen LogP contribution < -0.4 is 5.32 Å². The summed E-state index contributed by atoms with van der Waals surface area (Å²) in [5.41, 5.74) is 2.28. The Kier molecular flexibility index (Phi) is 6.93. The van der Waals surface area contributed by atoms with E-state index in [4.69, 9.17) is 9.15 Å². The highest BCUT2D eigenvalue weighted by Gasteiger charge is 2.31. The summed E-state index contributed by atoms with van der Waals surface area (Å²) in [5.74, 6) is -0.146. The molecular formula is C23H25N3O5S. The van der Waals surface area contributed by atoms with Gasteiger partial charge in [-0.15, -0.1) is 11.3 Å². The number of carbonyl (C=O) groups excluding carboxylic acids is 2. The zero-order chi connectivity index (χ0) is 22.5. The second kappa shape index (κ2) is 10.0. The predicted octanol–water partition coefficient (Wildman–Crippen LogP) is 3.56. The van der Waals surface area contributed by atoms with Crippen molar-refractivity contribution in [2.24, 2.45) is 5.92 Å². The van der Waals surface area contributed by atoms with E-state index >= 15 is 0 Å². The number of nitriles is 1. The highest BCUT2D eigenvalue weighted by atomic mass is 32.1. The van der Waals surface area contributed by atoms with Crippen molar-refractivity contribution in [1.82, 2.24) is 4.90 Å². The molecule has 0 radical (unpaired) electrons. The molecule has 2 aromatic heterocycles. The number of nitrogens with zero attached hydrogens (tertiary/aromatic N) is 2. The van der Waals surface area contributed by atoms with Gasteiger partial charge < -0.3 is 24.5 Å². The van der Waals surface area contributed by atoms with Crippen molar-refractivity contribution >= 4 is 34.4 Å². The number of carbonyl (C=O) groups is 2. The Morgan fingerprint density at radius 2 is 2.31 bits per heavy atom. The van der Waals surface area contributed by atoms with E-state index in [9.17, 15) is 20.0 Å². The zero-order valence-electron chi connectivity index (χ0n) is 17.6. The molecule has 1 saturated heterocycles. The summed E-state index contributed by atoms with van der Waals surface area (Å²) in [6.07, 6.45) is 9.65. The molecule has 9 heteroatoms. The lowest BCUT2D eigenvalue weighted by Gasteiger charge is -2.25. The molecule has 0 bridgehead atoms. The van der Waals surface area contributed by atoms with Gasteiger partial charge in [-0.25, -0.2) is 4.79 Å². The normalized spacial score (nSPS) is 20.2. The number of aliphatic hydroxyl groups is 1. The van der Waals surface area contributed by atoms with E-state index in [2.05, 4.69) is 11.4 Å². The van der Waals surface area contributed by atoms with Crippen molar-refractivity contribution < 1.29 is 23.8 Å². The number of rotatable bonds is 6. The van der Waals surface area contributed by atoms with Crippen LogP contribution in [0, 0.1) is 17.2 Å². The molecule has 3 heterocycles. The number of nitrogens with one attached hydrogen (secondary N) is 1. The monoisotopic (exact) mass is 455 g/mol. The third-order valence-corrected chi connectivity index (χ3v) is 7.12. The maximum atomic E-state index is 12.4. The van der Waals surface area contributed by atoms with Gasteiger partial charge in [0, 0.05) is 23.1 Å². The third-order valence-electron chi connectivity index (χ3n) is 5.95. The topological polar surface area (TPSA) is 116 Å². The first-order valence-electron chi connectivity index (χ1n) is 10.7. The van der Waals surface area contributed by atoms with Crippen LogP contribution in [0.4, 0.5) is 9.80 Å². The highest BCUT2D eigenvalue weighted by molar-refractivity contribution is 7.16. The van der Waals surface area contributed by atoms with E-state index in [1.54, 1.807) is 17.0 Å². The van der Waals surface area contributed by atoms with E-state index in [0.29, 0.717) is 36.6 Å². The van der Waals surface area contributed by atoms with Crippen LogP contribution in [-0.2, 0) is 22.4 Å². The number of amides is 2. The standard InChI is InChI=1S/C23H25N3O5S/c24-11-19-18-5-3-16(14-31-23(29)26-8-1-2-17(26)12-27)10-20(18)32-22(19)25-21(28)6-4-15-7-9-30-13-15/h4,6-7,9,13,16-17,27H,1-3,5,8,10,12,14H2,(H,25,28). The first-order valence-corrected chi connectivity index (χ1v) is 11.5. The van der Waals surface area contributed by atoms with E-state index in [1.165, 1.54) is 29.9 Å². The molecular weight excluding hydrogens is 430 g/mol. The molecule has 2 amide bonds. The Balaban J connectivity index is 1.36. The van der Waals surface area contributed by atoms with Gasteiger partial charge in [-0.05, 0) is 55.7 Å². The molecule has 2 atom stereocenters. The van der Waals surface area contributed by atoms with Gasteiger partial charge in [0.15, 0.2) is 0 Å². The number of aliphatic hydroxyl groups excluding tert-OH is 1. The molecule has 1 aliphatic heterocycles. The van der Waals surface area contributed by atoms with Crippen molar-refractivity contribution in [3.05, 3.63) is 46.2 Å². The van der Waals surface area contributed by atoms with Gasteiger partial charge in [0.1, 0.15) is 11.1 Å². The summed E-state index contributed by atoms with van der Waals surface area (Å²) in [4.78, 5) is 27.3. The van der Waals surface area contributed by atoms with Crippen LogP contribution in [0.25, 0.3) is 6.08 Å². The molecule has 1 fully saturated rings. The Hall–Kier alpha value is -3.09. The number of hydrogen-bond acceptors (Lipinski definition) is 7. The summed E-state index contributed by atoms with van der Waals surface area (Å²) in [6.45, 7) is 0.884. The number of fused-ring (bicyclic) bond motifs is 1. The molecule has 0 saturated carbocycles. The first-order chi connectivity index (χ1) is 15.6. The van der Waals surface area contributed by atoms with E-state index in [1.807, 2.05) is 0 Å². The number of furan rings is 1. The van der Waals surface area contributed by atoms with Crippen LogP contribution in [0.1, 0.15) is 40.8 Å². The van der Waals surface area contributed by atoms with Gasteiger partial charge in [-0.1, -0.05) is 0 Å². The second-order valence-electron chi connectivity index (χ2n) is 8.06. The molecule has 0 aromatic carbocycles. The summed E-state index contributed by atoms with van der Waals surface area (Å²) < 4.78 is 10.5. The Morgan fingerprint density at radius 1 is 1.44 bits per heavy atom. The molecule has 2 N–H and O–H groups in total. The SMILES string of the molecule is N#Cc1c(NC(=O)C=Cc2ccoc2)sc2c1CCC(COC(=O)N1CCCC1CO)C2. The van der Waals surface area contributed by atoms with Crippen molar-refractivity contribution in [2.75, 3.05) is 25.1 Å². The molecule has 168 valence electrons. The fraction of sp³-hybridized carbons (Fsp3) is 0.435. The molecule has 2 unspecified atom stereocenters. The average Bonchev–Trinajstić information content (AvgIpc) is 3.55. The molecule has 0 spiro atoms. The summed E-state index contributed by atoms with van der Waals surface area (Å²) in [6, 6.07) is 3.83. The summed E-state index contributed by atoms with van der Waals surface area (Å²) in [5, 5.41) is 22.4. The number of anilines is 1. The second-order valence-corrected chi connectivity index (χ2v) is 9.16. The predicted molar refractivity (Wildman–Crippen MR) is 119 cm³/mol. The maximum Gasteiger partial charge on any atom is 0.410 e. The molecule has 32 heavy (non-hydrogen) atoms. The lowest BCUT2D eigenvalue weighted by Crippen LogP contribution is -2.38. The van der Waals surface area contributed by atoms with Crippen LogP contribution in [0.15, 0.2) is 29.1 Å². The van der Waals surface area contributed by atoms with Crippen LogP contribution in [-0.4, -0.2) is 47.8 Å². The largest absolute Gasteiger partial charge is 0.472 e.